The molecule has 18 heavy (non-hydrogen) atoms. The number of nitrogens with zero attached hydrogens (tertiary/aromatic N) is 1. The van der Waals surface area contributed by atoms with Gasteiger partial charge in [0.2, 0.25) is 5.91 Å². The second kappa shape index (κ2) is 6.29. The summed E-state index contributed by atoms with van der Waals surface area (Å²) < 4.78 is 0. The molecule has 0 bridgehead atoms. The average molecular weight is 248 g/mol. The third-order valence-corrected chi connectivity index (χ3v) is 2.16. The molecule has 0 fully saturated rings. The number of carbonyl (C=O) groups is 2. The van der Waals surface area contributed by atoms with Crippen LogP contribution in [0, 0.1) is 10.1 Å². The van der Waals surface area contributed by atoms with Gasteiger partial charge in [0, 0.05) is 19.5 Å². The lowest BCUT2D eigenvalue weighted by molar-refractivity contribution is -0.385. The normalized spacial score (nSPS) is 10.3. The van der Waals surface area contributed by atoms with Crippen LogP contribution in [0.15, 0.2) is 24.3 Å². The lowest BCUT2D eigenvalue weighted by Crippen LogP contribution is -2.19. The number of benzene rings is 1. The van der Waals surface area contributed by atoms with Crippen molar-refractivity contribution in [3.05, 3.63) is 45.5 Å². The van der Waals surface area contributed by atoms with Crippen molar-refractivity contribution in [3.8, 4) is 0 Å². The first-order valence-corrected chi connectivity index (χ1v) is 5.19. The zero-order valence-corrected chi connectivity index (χ0v) is 9.75. The van der Waals surface area contributed by atoms with Crippen molar-refractivity contribution in [2.75, 3.05) is 6.54 Å². The summed E-state index contributed by atoms with van der Waals surface area (Å²) in [5.41, 5.74) is 0.406. The smallest absolute Gasteiger partial charge is 0.280 e. The van der Waals surface area contributed by atoms with E-state index in [9.17, 15) is 19.7 Å². The van der Waals surface area contributed by atoms with E-state index in [4.69, 9.17) is 0 Å². The molecule has 0 saturated heterocycles. The Kier molecular flexibility index (Phi) is 4.74. The fourth-order valence-corrected chi connectivity index (χ4v) is 1.32. The Balaban J connectivity index is 2.85. The van der Waals surface area contributed by atoms with Crippen LogP contribution in [-0.4, -0.2) is 23.7 Å². The molecule has 6 nitrogen and oxygen atoms in total. The molecule has 0 spiro atoms. The molecule has 1 amide bonds. The standard InChI is InChI=1S/C12H12N2O4/c1-9(16)13-6-2-3-10-4-5-11(8-15)12(7-10)14(17)18/h2-5,7-8H,6H2,1H3,(H,13,16). The number of nitro groups is 1. The Hall–Kier alpha value is -2.50. The molecule has 1 N–H and O–H groups in total. The molecule has 1 aromatic carbocycles. The lowest BCUT2D eigenvalue weighted by atomic mass is 10.1. The molecule has 1 aromatic rings. The van der Waals surface area contributed by atoms with E-state index in [1.807, 2.05) is 0 Å². The fraction of sp³-hybridized carbons (Fsp3) is 0.167. The summed E-state index contributed by atoms with van der Waals surface area (Å²) >= 11 is 0. The molecule has 0 atom stereocenters. The Morgan fingerprint density at radius 3 is 2.78 bits per heavy atom. The van der Waals surface area contributed by atoms with Gasteiger partial charge in [0.05, 0.1) is 10.5 Å². The van der Waals surface area contributed by atoms with Gasteiger partial charge in [-0.15, -0.1) is 0 Å². The van der Waals surface area contributed by atoms with E-state index in [0.717, 1.165) is 0 Å². The second-order valence-electron chi connectivity index (χ2n) is 3.53. The Bertz CT molecular complexity index is 509. The highest BCUT2D eigenvalue weighted by Crippen LogP contribution is 2.19. The van der Waals surface area contributed by atoms with Crippen molar-refractivity contribution in [3.63, 3.8) is 0 Å². The molecule has 0 saturated carbocycles. The number of hydrogen-bond donors (Lipinski definition) is 1. The van der Waals surface area contributed by atoms with Gasteiger partial charge in [0.15, 0.2) is 6.29 Å². The molecular weight excluding hydrogens is 236 g/mol. The summed E-state index contributed by atoms with van der Waals surface area (Å²) in [4.78, 5) is 31.3. The van der Waals surface area contributed by atoms with Crippen molar-refractivity contribution in [2.45, 2.75) is 6.92 Å². The minimum absolute atomic E-state index is 0.0408. The van der Waals surface area contributed by atoms with Crippen LogP contribution < -0.4 is 5.32 Å². The van der Waals surface area contributed by atoms with E-state index in [1.165, 1.54) is 19.1 Å². The molecule has 94 valence electrons. The van der Waals surface area contributed by atoms with Crippen LogP contribution in [-0.2, 0) is 4.79 Å². The van der Waals surface area contributed by atoms with Gasteiger partial charge in [-0.2, -0.15) is 0 Å². The van der Waals surface area contributed by atoms with Crippen molar-refractivity contribution in [1.82, 2.24) is 5.32 Å². The number of amides is 1. The minimum Gasteiger partial charge on any atom is -0.353 e. The highest BCUT2D eigenvalue weighted by molar-refractivity contribution is 5.82. The summed E-state index contributed by atoms with van der Waals surface area (Å²) in [6.07, 6.45) is 3.75. The Morgan fingerprint density at radius 2 is 2.22 bits per heavy atom. The van der Waals surface area contributed by atoms with Crippen LogP contribution in [0.1, 0.15) is 22.8 Å². The second-order valence-corrected chi connectivity index (χ2v) is 3.53. The topological polar surface area (TPSA) is 89.3 Å². The van der Waals surface area contributed by atoms with E-state index in [2.05, 4.69) is 5.32 Å². The van der Waals surface area contributed by atoms with Gasteiger partial charge < -0.3 is 5.32 Å². The maximum atomic E-state index is 10.7. The Morgan fingerprint density at radius 1 is 1.50 bits per heavy atom. The predicted molar refractivity (Wildman–Crippen MR) is 66.2 cm³/mol. The largest absolute Gasteiger partial charge is 0.353 e. The zero-order valence-electron chi connectivity index (χ0n) is 9.75. The number of hydrogen-bond acceptors (Lipinski definition) is 4. The van der Waals surface area contributed by atoms with Crippen molar-refractivity contribution in [1.29, 1.82) is 0 Å². The third kappa shape index (κ3) is 3.82. The summed E-state index contributed by atoms with van der Waals surface area (Å²) in [5.74, 6) is -0.151. The molecule has 0 unspecified atom stereocenters. The van der Waals surface area contributed by atoms with Crippen molar-refractivity contribution < 1.29 is 14.5 Å². The average Bonchev–Trinajstić information content (AvgIpc) is 2.34. The van der Waals surface area contributed by atoms with Crippen LogP contribution in [0.3, 0.4) is 0 Å². The SMILES string of the molecule is CC(=O)NCC=Cc1ccc(C=O)c([N+](=O)[O-])c1. The van der Waals surface area contributed by atoms with Gasteiger partial charge in [-0.25, -0.2) is 0 Å². The maximum Gasteiger partial charge on any atom is 0.280 e. The van der Waals surface area contributed by atoms with Gasteiger partial charge in [0.25, 0.3) is 5.69 Å². The molecule has 0 aliphatic heterocycles. The number of rotatable bonds is 5. The summed E-state index contributed by atoms with van der Waals surface area (Å²) in [5, 5.41) is 13.3. The molecule has 0 aromatic heterocycles. The van der Waals surface area contributed by atoms with Gasteiger partial charge in [0.1, 0.15) is 0 Å². The first-order chi connectivity index (χ1) is 8.54. The van der Waals surface area contributed by atoms with Gasteiger partial charge in [-0.05, 0) is 11.6 Å². The van der Waals surface area contributed by atoms with Crippen LogP contribution in [0.25, 0.3) is 6.08 Å². The van der Waals surface area contributed by atoms with E-state index in [0.29, 0.717) is 18.4 Å². The quantitative estimate of drug-likeness (QED) is 0.486. The summed E-state index contributed by atoms with van der Waals surface area (Å²) in [7, 11) is 0. The van der Waals surface area contributed by atoms with Crippen molar-refractivity contribution >= 4 is 24.0 Å². The summed E-state index contributed by atoms with van der Waals surface area (Å²) in [6.45, 7) is 1.75. The number of nitrogens with one attached hydrogen (secondary N) is 1. The molecule has 0 radical (unpaired) electrons. The molecule has 1 rings (SSSR count). The molecule has 0 heterocycles. The number of nitro benzene ring substituents is 1. The van der Waals surface area contributed by atoms with Gasteiger partial charge >= 0.3 is 0 Å². The number of carbonyl (C=O) groups excluding carboxylic acids is 2. The predicted octanol–water partition coefficient (Wildman–Crippen LogP) is 1.56. The summed E-state index contributed by atoms with van der Waals surface area (Å²) in [6, 6.07) is 4.30. The fourth-order valence-electron chi connectivity index (χ4n) is 1.32. The molecular formula is C12H12N2O4. The first-order valence-electron chi connectivity index (χ1n) is 5.19. The van der Waals surface area contributed by atoms with E-state index in [1.54, 1.807) is 18.2 Å². The highest BCUT2D eigenvalue weighted by Gasteiger charge is 2.12. The van der Waals surface area contributed by atoms with E-state index in [-0.39, 0.29) is 17.2 Å². The van der Waals surface area contributed by atoms with Crippen molar-refractivity contribution in [2.24, 2.45) is 0 Å². The van der Waals surface area contributed by atoms with E-state index < -0.39 is 4.92 Å². The molecule has 0 aliphatic rings. The minimum atomic E-state index is -0.602. The van der Waals surface area contributed by atoms with Gasteiger partial charge in [-0.1, -0.05) is 18.2 Å². The van der Waals surface area contributed by atoms with Gasteiger partial charge in [-0.3, -0.25) is 19.7 Å². The zero-order chi connectivity index (χ0) is 13.5. The van der Waals surface area contributed by atoms with Crippen LogP contribution >= 0.6 is 0 Å². The van der Waals surface area contributed by atoms with Crippen LogP contribution in [0.2, 0.25) is 0 Å². The van der Waals surface area contributed by atoms with Crippen LogP contribution in [0.4, 0.5) is 5.69 Å². The third-order valence-electron chi connectivity index (χ3n) is 2.16. The Labute approximate surface area is 103 Å². The monoisotopic (exact) mass is 248 g/mol. The molecule has 6 heteroatoms. The maximum absolute atomic E-state index is 10.7. The lowest BCUT2D eigenvalue weighted by Gasteiger charge is -1.98. The molecule has 0 aliphatic carbocycles. The highest BCUT2D eigenvalue weighted by atomic mass is 16.6. The number of aldehydes is 1. The first kappa shape index (κ1) is 13.6. The van der Waals surface area contributed by atoms with Crippen LogP contribution in [0.5, 0.6) is 0 Å². The van der Waals surface area contributed by atoms with E-state index >= 15 is 0 Å².